The predicted molar refractivity (Wildman–Crippen MR) is 117 cm³/mol. The van der Waals surface area contributed by atoms with Gasteiger partial charge in [0.05, 0.1) is 11.4 Å². The van der Waals surface area contributed by atoms with Crippen LogP contribution in [0.25, 0.3) is 10.9 Å². The van der Waals surface area contributed by atoms with Crippen LogP contribution in [0.15, 0.2) is 26.6 Å². The third kappa shape index (κ3) is 6.67. The molecule has 0 radical (unpaired) electrons. The number of Topliss-reactive ketones (excluding diaryl/α,β-unsaturated/α-hetero) is 1. The van der Waals surface area contributed by atoms with Crippen molar-refractivity contribution >= 4 is 28.6 Å². The Balaban J connectivity index is 2.36. The van der Waals surface area contributed by atoms with Gasteiger partial charge < -0.3 is 19.6 Å². The lowest BCUT2D eigenvalue weighted by Crippen LogP contribution is -2.50. The Bertz CT molecular complexity index is 1330. The van der Waals surface area contributed by atoms with E-state index in [4.69, 9.17) is 4.74 Å². The number of aromatic amines is 1. The van der Waals surface area contributed by atoms with Gasteiger partial charge in [-0.3, -0.25) is 24.0 Å². The first-order valence-corrected chi connectivity index (χ1v) is 10.4. The number of H-pyrrole nitrogens is 1. The van der Waals surface area contributed by atoms with Crippen LogP contribution in [0.2, 0.25) is 0 Å². The fraction of sp³-hybridized carbons (Fsp3) is 0.524. The molecule has 11 nitrogen and oxygen atoms in total. The summed E-state index contributed by atoms with van der Waals surface area (Å²) in [4.78, 5) is 75.8. The van der Waals surface area contributed by atoms with Crippen molar-refractivity contribution in [2.45, 2.75) is 65.5 Å². The van der Waals surface area contributed by atoms with Gasteiger partial charge in [-0.2, -0.15) is 13.2 Å². The largest absolute Gasteiger partial charge is 0.459 e. The molecule has 2 N–H and O–H groups in total. The van der Waals surface area contributed by atoms with E-state index >= 15 is 0 Å². The standard InChI is InChI=1S/C21H25F3N4O7/c1-10(2)14(16(31)21(22,23)24)25-12(29)8-27-7-6-11-15(18(27)33)26-19(34)28(17(11)32)9-13(30)35-20(3,4)5/h6-7,10,14H,8-9H2,1-5H3,(H,25,29)(H,26,34). The minimum atomic E-state index is -5.17. The van der Waals surface area contributed by atoms with Gasteiger partial charge in [-0.25, -0.2) is 9.36 Å². The topological polar surface area (TPSA) is 149 Å². The number of hydrogen-bond donors (Lipinski definition) is 2. The number of nitrogens with one attached hydrogen (secondary N) is 2. The normalized spacial score (nSPS) is 13.1. The molecule has 0 aliphatic rings. The summed E-state index contributed by atoms with van der Waals surface area (Å²) in [5, 5.41) is 1.70. The molecule has 0 saturated heterocycles. The molecule has 0 aromatic carbocycles. The third-order valence-corrected chi connectivity index (χ3v) is 4.68. The second-order valence-electron chi connectivity index (χ2n) is 9.10. The van der Waals surface area contributed by atoms with Crippen LogP contribution in [0.3, 0.4) is 0 Å². The molecule has 1 unspecified atom stereocenters. The van der Waals surface area contributed by atoms with E-state index in [0.717, 1.165) is 16.8 Å². The number of fused-ring (bicyclic) bond motifs is 1. The van der Waals surface area contributed by atoms with Crippen molar-refractivity contribution in [2.24, 2.45) is 5.92 Å². The van der Waals surface area contributed by atoms with Crippen LogP contribution in [0, 0.1) is 5.92 Å². The smallest absolute Gasteiger partial charge is 0.452 e. The molecule has 35 heavy (non-hydrogen) atoms. The quantitative estimate of drug-likeness (QED) is 0.523. The number of hydrogen-bond acceptors (Lipinski definition) is 7. The molecule has 2 aromatic heterocycles. The van der Waals surface area contributed by atoms with Crippen LogP contribution in [0.1, 0.15) is 34.6 Å². The molecule has 2 rings (SSSR count). The van der Waals surface area contributed by atoms with Crippen LogP contribution in [-0.4, -0.2) is 49.6 Å². The Labute approximate surface area is 195 Å². The van der Waals surface area contributed by atoms with Gasteiger partial charge in [-0.1, -0.05) is 13.8 Å². The highest BCUT2D eigenvalue weighted by molar-refractivity contribution is 5.93. The molecular weight excluding hydrogens is 477 g/mol. The molecule has 1 atom stereocenters. The lowest BCUT2D eigenvalue weighted by atomic mass is 9.99. The van der Waals surface area contributed by atoms with Crippen LogP contribution in [0.4, 0.5) is 13.2 Å². The second kappa shape index (κ2) is 9.88. The number of carbonyl (C=O) groups excluding carboxylic acids is 3. The Morgan fingerprint density at radius 1 is 1.06 bits per heavy atom. The van der Waals surface area contributed by atoms with Gasteiger partial charge in [0.2, 0.25) is 5.91 Å². The molecule has 0 saturated carbocycles. The summed E-state index contributed by atoms with van der Waals surface area (Å²) in [6, 6.07) is -0.757. The van der Waals surface area contributed by atoms with E-state index in [1.165, 1.54) is 13.8 Å². The van der Waals surface area contributed by atoms with Crippen LogP contribution < -0.4 is 22.1 Å². The maximum absolute atomic E-state index is 12.8. The maximum atomic E-state index is 12.8. The fourth-order valence-electron chi connectivity index (χ4n) is 3.14. The van der Waals surface area contributed by atoms with Crippen LogP contribution >= 0.6 is 0 Å². The Hall–Kier alpha value is -3.71. The lowest BCUT2D eigenvalue weighted by Gasteiger charge is -2.22. The number of aromatic nitrogens is 3. The van der Waals surface area contributed by atoms with E-state index in [-0.39, 0.29) is 5.39 Å². The number of ketones is 1. The predicted octanol–water partition coefficient (Wildman–Crippen LogP) is 0.465. The third-order valence-electron chi connectivity index (χ3n) is 4.68. The summed E-state index contributed by atoms with van der Waals surface area (Å²) in [5.41, 5.74) is -4.36. The van der Waals surface area contributed by atoms with Crippen molar-refractivity contribution in [1.29, 1.82) is 0 Å². The molecule has 0 spiro atoms. The van der Waals surface area contributed by atoms with Crippen molar-refractivity contribution in [1.82, 2.24) is 19.4 Å². The van der Waals surface area contributed by atoms with Gasteiger partial charge in [-0.05, 0) is 32.8 Å². The molecule has 0 fully saturated rings. The molecule has 14 heteroatoms. The summed E-state index contributed by atoms with van der Waals surface area (Å²) >= 11 is 0. The number of nitrogens with zero attached hydrogens (tertiary/aromatic N) is 2. The molecule has 0 aliphatic heterocycles. The summed E-state index contributed by atoms with van der Waals surface area (Å²) in [6.07, 6.45) is -4.14. The summed E-state index contributed by atoms with van der Waals surface area (Å²) in [7, 11) is 0. The van der Waals surface area contributed by atoms with Gasteiger partial charge in [0, 0.05) is 6.20 Å². The van der Waals surface area contributed by atoms with Crippen LogP contribution in [0.5, 0.6) is 0 Å². The zero-order valence-corrected chi connectivity index (χ0v) is 19.6. The van der Waals surface area contributed by atoms with Crippen molar-refractivity contribution < 1.29 is 32.3 Å². The Morgan fingerprint density at radius 2 is 1.66 bits per heavy atom. The van der Waals surface area contributed by atoms with E-state index in [2.05, 4.69) is 4.98 Å². The molecule has 0 aliphatic carbocycles. The second-order valence-corrected chi connectivity index (χ2v) is 9.10. The number of amides is 1. The average molecular weight is 502 g/mol. The fourth-order valence-corrected chi connectivity index (χ4v) is 3.14. The maximum Gasteiger partial charge on any atom is 0.452 e. The van der Waals surface area contributed by atoms with Gasteiger partial charge in [0.1, 0.15) is 24.2 Å². The molecular formula is C21H25F3N4O7. The molecule has 0 bridgehead atoms. The number of carbonyl (C=O) groups is 3. The number of halogens is 3. The van der Waals surface area contributed by atoms with Crippen molar-refractivity contribution in [3.63, 3.8) is 0 Å². The highest BCUT2D eigenvalue weighted by atomic mass is 19.4. The SMILES string of the molecule is CC(C)C(NC(=O)Cn1ccc2c(=O)n(CC(=O)OC(C)(C)C)c(=O)[nH]c2c1=O)C(=O)C(F)(F)F. The highest BCUT2D eigenvalue weighted by Gasteiger charge is 2.45. The number of rotatable bonds is 7. The first-order valence-electron chi connectivity index (χ1n) is 10.4. The van der Waals surface area contributed by atoms with E-state index in [1.54, 1.807) is 20.8 Å². The van der Waals surface area contributed by atoms with Crippen molar-refractivity contribution in [3.8, 4) is 0 Å². The zero-order chi connectivity index (χ0) is 26.9. The minimum absolute atomic E-state index is 0.262. The van der Waals surface area contributed by atoms with Crippen molar-refractivity contribution in [3.05, 3.63) is 43.5 Å². The van der Waals surface area contributed by atoms with Gasteiger partial charge in [-0.15, -0.1) is 0 Å². The molecule has 2 heterocycles. The number of esters is 1. The summed E-state index contributed by atoms with van der Waals surface area (Å²) in [6.45, 7) is 5.91. The molecule has 192 valence electrons. The summed E-state index contributed by atoms with van der Waals surface area (Å²) in [5.74, 6) is -4.95. The zero-order valence-electron chi connectivity index (χ0n) is 19.6. The number of ether oxygens (including phenoxy) is 1. The minimum Gasteiger partial charge on any atom is -0.459 e. The van der Waals surface area contributed by atoms with E-state index < -0.39 is 76.8 Å². The van der Waals surface area contributed by atoms with E-state index in [0.29, 0.717) is 4.57 Å². The van der Waals surface area contributed by atoms with Gasteiger partial charge >= 0.3 is 17.8 Å². The van der Waals surface area contributed by atoms with Gasteiger partial charge in [0.25, 0.3) is 16.9 Å². The Kier molecular flexibility index (Phi) is 7.77. The van der Waals surface area contributed by atoms with E-state index in [9.17, 15) is 41.9 Å². The lowest BCUT2D eigenvalue weighted by molar-refractivity contribution is -0.174. The monoisotopic (exact) mass is 502 g/mol. The average Bonchev–Trinajstić information content (AvgIpc) is 2.69. The van der Waals surface area contributed by atoms with Crippen molar-refractivity contribution in [2.75, 3.05) is 0 Å². The first kappa shape index (κ1) is 27.5. The highest BCUT2D eigenvalue weighted by Crippen LogP contribution is 2.21. The number of pyridine rings is 1. The van der Waals surface area contributed by atoms with Gasteiger partial charge in [0.15, 0.2) is 0 Å². The molecule has 2 aromatic rings. The summed E-state index contributed by atoms with van der Waals surface area (Å²) < 4.78 is 44.8. The number of alkyl halides is 3. The van der Waals surface area contributed by atoms with E-state index in [1.807, 2.05) is 5.32 Å². The van der Waals surface area contributed by atoms with Crippen LogP contribution in [-0.2, 0) is 32.2 Å². The first-order chi connectivity index (χ1) is 15.9. The Morgan fingerprint density at radius 3 is 2.17 bits per heavy atom. The molecule has 1 amide bonds.